The fourth-order valence-corrected chi connectivity index (χ4v) is 2.55. The summed E-state index contributed by atoms with van der Waals surface area (Å²) in [6.07, 6.45) is 6.02. The highest BCUT2D eigenvalue weighted by Crippen LogP contribution is 2.20. The standard InChI is InChI=1S/C12H12BrNOS/c13-8-5-6-10(11(16)7-8)12(15)14-9-3-1-2-4-9/h1-2,5-7,9,16H,3-4H2,(H,14,15). The Morgan fingerprint density at radius 2 is 2.06 bits per heavy atom. The maximum Gasteiger partial charge on any atom is 0.252 e. The number of thiol groups is 1. The second kappa shape index (κ2) is 5.06. The SMILES string of the molecule is O=C(NC1CC=CC1)c1ccc(Br)cc1S. The minimum atomic E-state index is -0.0498. The fraction of sp³-hybridized carbons (Fsp3) is 0.250. The van der Waals surface area contributed by atoms with Gasteiger partial charge in [0.05, 0.1) is 5.56 Å². The number of nitrogens with one attached hydrogen (secondary N) is 1. The Kier molecular flexibility index (Phi) is 3.71. The summed E-state index contributed by atoms with van der Waals surface area (Å²) in [7, 11) is 0. The van der Waals surface area contributed by atoms with Crippen molar-refractivity contribution in [2.75, 3.05) is 0 Å². The number of hydrogen-bond acceptors (Lipinski definition) is 2. The highest BCUT2D eigenvalue weighted by Gasteiger charge is 2.16. The molecule has 0 saturated carbocycles. The van der Waals surface area contributed by atoms with Crippen molar-refractivity contribution < 1.29 is 4.79 Å². The lowest BCUT2D eigenvalue weighted by atomic mass is 10.1. The molecule has 0 spiro atoms. The van der Waals surface area contributed by atoms with Crippen molar-refractivity contribution in [2.45, 2.75) is 23.8 Å². The first kappa shape index (κ1) is 11.7. The Hall–Kier alpha value is -0.740. The summed E-state index contributed by atoms with van der Waals surface area (Å²) in [6.45, 7) is 0. The van der Waals surface area contributed by atoms with Crippen molar-refractivity contribution in [2.24, 2.45) is 0 Å². The molecule has 0 heterocycles. The van der Waals surface area contributed by atoms with Crippen LogP contribution in [0.15, 0.2) is 39.7 Å². The molecule has 84 valence electrons. The molecule has 4 heteroatoms. The van der Waals surface area contributed by atoms with E-state index in [0.717, 1.165) is 17.3 Å². The van der Waals surface area contributed by atoms with E-state index in [9.17, 15) is 4.79 Å². The van der Waals surface area contributed by atoms with Crippen molar-refractivity contribution in [1.82, 2.24) is 5.32 Å². The molecule has 1 aliphatic carbocycles. The van der Waals surface area contributed by atoms with Crippen LogP contribution in [0.3, 0.4) is 0 Å². The Balaban J connectivity index is 2.08. The number of carbonyl (C=O) groups excluding carboxylic acids is 1. The fourth-order valence-electron chi connectivity index (χ4n) is 1.70. The zero-order valence-corrected chi connectivity index (χ0v) is 11.1. The summed E-state index contributed by atoms with van der Waals surface area (Å²) in [6, 6.07) is 5.69. The number of amides is 1. The van der Waals surface area contributed by atoms with Gasteiger partial charge in [-0.3, -0.25) is 4.79 Å². The normalized spacial score (nSPS) is 15.4. The van der Waals surface area contributed by atoms with Crippen molar-refractivity contribution in [3.63, 3.8) is 0 Å². The van der Waals surface area contributed by atoms with Crippen molar-refractivity contribution >= 4 is 34.5 Å². The molecule has 0 aliphatic heterocycles. The molecule has 0 fully saturated rings. The van der Waals surface area contributed by atoms with Gasteiger partial charge in [0.1, 0.15) is 0 Å². The summed E-state index contributed by atoms with van der Waals surface area (Å²) in [5.74, 6) is -0.0498. The van der Waals surface area contributed by atoms with E-state index in [1.807, 2.05) is 12.1 Å². The molecule has 0 radical (unpaired) electrons. The van der Waals surface area contributed by atoms with Gasteiger partial charge in [0, 0.05) is 15.4 Å². The second-order valence-electron chi connectivity index (χ2n) is 3.77. The molecule has 0 saturated heterocycles. The van der Waals surface area contributed by atoms with Crippen LogP contribution in [0.1, 0.15) is 23.2 Å². The largest absolute Gasteiger partial charge is 0.349 e. The molecular formula is C12H12BrNOS. The highest BCUT2D eigenvalue weighted by molar-refractivity contribution is 9.10. The summed E-state index contributed by atoms with van der Waals surface area (Å²) in [4.78, 5) is 12.6. The summed E-state index contributed by atoms with van der Waals surface area (Å²) in [5, 5.41) is 2.99. The lowest BCUT2D eigenvalue weighted by Gasteiger charge is -2.13. The van der Waals surface area contributed by atoms with Gasteiger partial charge in [0.25, 0.3) is 5.91 Å². The first-order valence-corrected chi connectivity index (χ1v) is 6.35. The molecular weight excluding hydrogens is 286 g/mol. The van der Waals surface area contributed by atoms with Gasteiger partial charge in [-0.25, -0.2) is 0 Å². The zero-order valence-electron chi connectivity index (χ0n) is 8.61. The Morgan fingerprint density at radius 3 is 2.69 bits per heavy atom. The maximum atomic E-state index is 11.9. The lowest BCUT2D eigenvalue weighted by Crippen LogP contribution is -2.33. The summed E-state index contributed by atoms with van der Waals surface area (Å²) >= 11 is 7.64. The van der Waals surface area contributed by atoms with Crippen LogP contribution in [0.4, 0.5) is 0 Å². The zero-order chi connectivity index (χ0) is 11.5. The van der Waals surface area contributed by atoms with E-state index >= 15 is 0 Å². The van der Waals surface area contributed by atoms with Crippen LogP contribution in [-0.4, -0.2) is 11.9 Å². The van der Waals surface area contributed by atoms with E-state index in [4.69, 9.17) is 0 Å². The highest BCUT2D eigenvalue weighted by atomic mass is 79.9. The van der Waals surface area contributed by atoms with Gasteiger partial charge in [0.2, 0.25) is 0 Å². The third kappa shape index (κ3) is 2.68. The number of carbonyl (C=O) groups is 1. The van der Waals surface area contributed by atoms with Crippen LogP contribution in [0.25, 0.3) is 0 Å². The van der Waals surface area contributed by atoms with Gasteiger partial charge in [-0.15, -0.1) is 12.6 Å². The average Bonchev–Trinajstić information content (AvgIpc) is 2.70. The van der Waals surface area contributed by atoms with Gasteiger partial charge in [0.15, 0.2) is 0 Å². The van der Waals surface area contributed by atoms with E-state index < -0.39 is 0 Å². The molecule has 1 aliphatic rings. The number of hydrogen-bond donors (Lipinski definition) is 2. The number of halogens is 1. The predicted octanol–water partition coefficient (Wildman–Crippen LogP) is 3.19. The molecule has 1 aromatic rings. The first-order chi connectivity index (χ1) is 7.66. The van der Waals surface area contributed by atoms with Crippen molar-refractivity contribution in [3.8, 4) is 0 Å². The molecule has 2 rings (SSSR count). The topological polar surface area (TPSA) is 29.1 Å². The molecule has 2 nitrogen and oxygen atoms in total. The minimum absolute atomic E-state index is 0.0498. The molecule has 0 atom stereocenters. The van der Waals surface area contributed by atoms with Crippen LogP contribution in [0.2, 0.25) is 0 Å². The molecule has 1 aromatic carbocycles. The van der Waals surface area contributed by atoms with E-state index in [0.29, 0.717) is 10.5 Å². The number of benzene rings is 1. The van der Waals surface area contributed by atoms with Gasteiger partial charge in [-0.1, -0.05) is 28.1 Å². The van der Waals surface area contributed by atoms with Crippen LogP contribution < -0.4 is 5.32 Å². The van der Waals surface area contributed by atoms with Crippen LogP contribution in [-0.2, 0) is 0 Å². The van der Waals surface area contributed by atoms with Crippen molar-refractivity contribution in [1.29, 1.82) is 0 Å². The van der Waals surface area contributed by atoms with Gasteiger partial charge in [-0.2, -0.15) is 0 Å². The quantitative estimate of drug-likeness (QED) is 0.637. The van der Waals surface area contributed by atoms with E-state index in [2.05, 4.69) is 46.0 Å². The van der Waals surface area contributed by atoms with Crippen molar-refractivity contribution in [3.05, 3.63) is 40.4 Å². The van der Waals surface area contributed by atoms with Gasteiger partial charge in [-0.05, 0) is 31.0 Å². The molecule has 1 amide bonds. The Labute approximate surface area is 109 Å². The average molecular weight is 298 g/mol. The van der Waals surface area contributed by atoms with Crippen LogP contribution in [0, 0.1) is 0 Å². The van der Waals surface area contributed by atoms with Crippen LogP contribution in [0.5, 0.6) is 0 Å². The monoisotopic (exact) mass is 297 g/mol. The van der Waals surface area contributed by atoms with Crippen LogP contribution >= 0.6 is 28.6 Å². The summed E-state index contributed by atoms with van der Waals surface area (Å²) in [5.41, 5.74) is 0.624. The van der Waals surface area contributed by atoms with E-state index in [1.54, 1.807) is 6.07 Å². The van der Waals surface area contributed by atoms with E-state index in [-0.39, 0.29) is 11.9 Å². The third-order valence-corrected chi connectivity index (χ3v) is 3.41. The molecule has 0 aromatic heterocycles. The molecule has 0 bridgehead atoms. The Bertz CT molecular complexity index is 437. The second-order valence-corrected chi connectivity index (χ2v) is 5.17. The lowest BCUT2D eigenvalue weighted by molar-refractivity contribution is 0.0936. The first-order valence-electron chi connectivity index (χ1n) is 5.11. The predicted molar refractivity (Wildman–Crippen MR) is 71.0 cm³/mol. The minimum Gasteiger partial charge on any atom is -0.349 e. The van der Waals surface area contributed by atoms with E-state index in [1.165, 1.54) is 0 Å². The smallest absolute Gasteiger partial charge is 0.252 e. The van der Waals surface area contributed by atoms with Gasteiger partial charge >= 0.3 is 0 Å². The Morgan fingerprint density at radius 1 is 1.38 bits per heavy atom. The summed E-state index contributed by atoms with van der Waals surface area (Å²) < 4.78 is 0.927. The third-order valence-electron chi connectivity index (χ3n) is 2.55. The maximum absolute atomic E-state index is 11.9. The molecule has 0 unspecified atom stereocenters. The number of rotatable bonds is 2. The molecule has 16 heavy (non-hydrogen) atoms. The van der Waals surface area contributed by atoms with Gasteiger partial charge < -0.3 is 5.32 Å². The molecule has 1 N–H and O–H groups in total.